The molecule has 7 heteroatoms. The Morgan fingerprint density at radius 1 is 1.34 bits per heavy atom. The van der Waals surface area contributed by atoms with Gasteiger partial charge in [-0.2, -0.15) is 0 Å². The predicted molar refractivity (Wildman–Crippen MR) is 120 cm³/mol. The second-order valence-corrected chi connectivity index (χ2v) is 8.22. The fourth-order valence-corrected chi connectivity index (χ4v) is 4.47. The van der Waals surface area contributed by atoms with E-state index in [-0.39, 0.29) is 12.5 Å². The van der Waals surface area contributed by atoms with Crippen molar-refractivity contribution in [3.8, 4) is 17.6 Å². The summed E-state index contributed by atoms with van der Waals surface area (Å²) in [6, 6.07) is 7.29. The number of oxazole rings is 1. The first-order valence-electron chi connectivity index (χ1n) is 10.9. The van der Waals surface area contributed by atoms with Crippen LogP contribution in [0.5, 0.6) is 5.75 Å². The largest absolute Gasteiger partial charge is 0.497 e. The molecule has 0 amide bonds. The Hall–Kier alpha value is -2.95. The topological polar surface area (TPSA) is 71.6 Å². The molecule has 3 heterocycles. The Bertz CT molecular complexity index is 1080. The van der Waals surface area contributed by atoms with Crippen molar-refractivity contribution in [2.45, 2.75) is 25.4 Å². The summed E-state index contributed by atoms with van der Waals surface area (Å²) in [7, 11) is 1.60. The average molecular weight is 438 g/mol. The Morgan fingerprint density at radius 3 is 3.03 bits per heavy atom. The van der Waals surface area contributed by atoms with Gasteiger partial charge in [-0.1, -0.05) is 5.92 Å². The van der Waals surface area contributed by atoms with Crippen LogP contribution in [0, 0.1) is 23.7 Å². The Labute approximate surface area is 187 Å². The van der Waals surface area contributed by atoms with Gasteiger partial charge in [0.15, 0.2) is 12.2 Å². The van der Waals surface area contributed by atoms with Crippen LogP contribution < -0.4 is 4.74 Å². The molecule has 0 spiro atoms. The number of hydrogen-bond acceptors (Lipinski definition) is 6. The molecule has 0 aliphatic carbocycles. The standard InChI is InChI=1S/C25H28FN3O3/c1-31-20-5-7-25-23(13-20)22(8-10-28-25)24(26)6-4-18-9-12-29(15-19(18)16-30)11-2-3-21-14-27-17-32-21/h5,7-8,10,13-14,17-19,24,30H,4,6,9,11-12,15-16H2,1H3/t18-,19-,24-/m1/s1. The molecular weight excluding hydrogens is 409 g/mol. The highest BCUT2D eigenvalue weighted by Crippen LogP contribution is 2.35. The number of hydrogen-bond donors (Lipinski definition) is 1. The van der Waals surface area contributed by atoms with Crippen LogP contribution in [0.25, 0.3) is 10.9 Å². The van der Waals surface area contributed by atoms with Crippen LogP contribution in [0.15, 0.2) is 47.5 Å². The molecule has 6 nitrogen and oxygen atoms in total. The van der Waals surface area contributed by atoms with Gasteiger partial charge in [0.1, 0.15) is 11.9 Å². The van der Waals surface area contributed by atoms with Crippen LogP contribution >= 0.6 is 0 Å². The van der Waals surface area contributed by atoms with E-state index in [1.165, 1.54) is 6.39 Å². The summed E-state index contributed by atoms with van der Waals surface area (Å²) in [5, 5.41) is 10.7. The smallest absolute Gasteiger partial charge is 0.197 e. The number of likely N-dealkylation sites (tertiary alicyclic amines) is 1. The number of aliphatic hydroxyl groups is 1. The van der Waals surface area contributed by atoms with E-state index in [1.807, 2.05) is 18.2 Å². The van der Waals surface area contributed by atoms with Gasteiger partial charge < -0.3 is 14.3 Å². The molecule has 1 aliphatic heterocycles. The van der Waals surface area contributed by atoms with Crippen molar-refractivity contribution in [3.63, 3.8) is 0 Å². The quantitative estimate of drug-likeness (QED) is 0.564. The van der Waals surface area contributed by atoms with Gasteiger partial charge in [-0.15, -0.1) is 0 Å². The van der Waals surface area contributed by atoms with Crippen molar-refractivity contribution >= 4 is 10.9 Å². The van der Waals surface area contributed by atoms with Crippen LogP contribution in [0.4, 0.5) is 4.39 Å². The summed E-state index contributed by atoms with van der Waals surface area (Å²) in [6.45, 7) is 2.36. The first-order chi connectivity index (χ1) is 15.7. The van der Waals surface area contributed by atoms with Gasteiger partial charge in [0.05, 0.1) is 25.4 Å². The molecule has 3 atom stereocenters. The molecule has 2 aromatic heterocycles. The number of pyridine rings is 1. The summed E-state index contributed by atoms with van der Waals surface area (Å²) >= 11 is 0. The lowest BCUT2D eigenvalue weighted by Crippen LogP contribution is -2.42. The first kappa shape index (κ1) is 22.3. The number of benzene rings is 1. The fourth-order valence-electron chi connectivity index (χ4n) is 4.47. The van der Waals surface area contributed by atoms with Crippen LogP contribution in [0.3, 0.4) is 0 Å². The maximum absolute atomic E-state index is 15.3. The number of aliphatic hydroxyl groups excluding tert-OH is 1. The number of piperidine rings is 1. The number of rotatable bonds is 7. The van der Waals surface area contributed by atoms with E-state index in [4.69, 9.17) is 9.15 Å². The molecule has 0 unspecified atom stereocenters. The molecule has 1 N–H and O–H groups in total. The first-order valence-corrected chi connectivity index (χ1v) is 10.9. The molecular formula is C25H28FN3O3. The summed E-state index contributed by atoms with van der Waals surface area (Å²) in [6.07, 6.45) is 5.60. The highest BCUT2D eigenvalue weighted by molar-refractivity contribution is 5.83. The number of nitrogens with zero attached hydrogens (tertiary/aromatic N) is 3. The second-order valence-electron chi connectivity index (χ2n) is 8.22. The summed E-state index contributed by atoms with van der Waals surface area (Å²) < 4.78 is 25.7. The number of ether oxygens (including phenoxy) is 1. The Kier molecular flexibility index (Phi) is 7.35. The highest BCUT2D eigenvalue weighted by atomic mass is 19.1. The van der Waals surface area contributed by atoms with Crippen molar-refractivity contribution in [1.29, 1.82) is 0 Å². The van der Waals surface area contributed by atoms with Crippen molar-refractivity contribution in [2.75, 3.05) is 33.4 Å². The van der Waals surface area contributed by atoms with E-state index < -0.39 is 6.17 Å². The van der Waals surface area contributed by atoms with Gasteiger partial charge in [-0.25, -0.2) is 9.37 Å². The number of alkyl halides is 1. The number of halogens is 1. The van der Waals surface area contributed by atoms with Gasteiger partial charge in [0.25, 0.3) is 0 Å². The summed E-state index contributed by atoms with van der Waals surface area (Å²) in [5.74, 6) is 7.71. The van der Waals surface area contributed by atoms with E-state index in [0.29, 0.717) is 36.0 Å². The molecule has 32 heavy (non-hydrogen) atoms. The van der Waals surface area contributed by atoms with Gasteiger partial charge >= 0.3 is 0 Å². The van der Waals surface area contributed by atoms with E-state index in [1.54, 1.807) is 25.6 Å². The monoisotopic (exact) mass is 437 g/mol. The highest BCUT2D eigenvalue weighted by Gasteiger charge is 2.29. The van der Waals surface area contributed by atoms with Gasteiger partial charge in [0.2, 0.25) is 0 Å². The van der Waals surface area contributed by atoms with Crippen molar-refractivity contribution in [3.05, 3.63) is 54.4 Å². The zero-order chi connectivity index (χ0) is 22.3. The molecule has 1 aromatic carbocycles. The van der Waals surface area contributed by atoms with Gasteiger partial charge in [-0.05, 0) is 73.4 Å². The van der Waals surface area contributed by atoms with E-state index in [9.17, 15) is 5.11 Å². The predicted octanol–water partition coefficient (Wildman–Crippen LogP) is 4.00. The van der Waals surface area contributed by atoms with Crippen molar-refractivity contribution in [1.82, 2.24) is 14.9 Å². The maximum atomic E-state index is 15.3. The lowest BCUT2D eigenvalue weighted by molar-refractivity contribution is 0.0708. The zero-order valence-corrected chi connectivity index (χ0v) is 18.2. The number of methoxy groups -OCH3 is 1. The maximum Gasteiger partial charge on any atom is 0.197 e. The minimum atomic E-state index is -1.09. The number of aromatic nitrogens is 2. The van der Waals surface area contributed by atoms with E-state index in [2.05, 4.69) is 26.7 Å². The number of fused-ring (bicyclic) bond motifs is 1. The van der Waals surface area contributed by atoms with Crippen LogP contribution in [-0.4, -0.2) is 53.3 Å². The van der Waals surface area contributed by atoms with Crippen molar-refractivity contribution in [2.24, 2.45) is 11.8 Å². The molecule has 4 rings (SSSR count). The molecule has 3 aromatic rings. The lowest BCUT2D eigenvalue weighted by Gasteiger charge is -2.37. The Morgan fingerprint density at radius 2 is 2.25 bits per heavy atom. The Balaban J connectivity index is 1.35. The summed E-state index contributed by atoms with van der Waals surface area (Å²) in [4.78, 5) is 10.4. The van der Waals surface area contributed by atoms with E-state index >= 15 is 4.39 Å². The SMILES string of the molecule is COc1ccc2nccc([C@H](F)CC[C@@H]3CCN(CC#Cc4cnco4)C[C@@H]3CO)c2c1. The van der Waals surface area contributed by atoms with Gasteiger partial charge in [0, 0.05) is 24.7 Å². The fraction of sp³-hybridized carbons (Fsp3) is 0.440. The van der Waals surface area contributed by atoms with Crippen LogP contribution in [-0.2, 0) is 0 Å². The molecule has 0 saturated carbocycles. The third-order valence-electron chi connectivity index (χ3n) is 6.27. The van der Waals surface area contributed by atoms with Crippen molar-refractivity contribution < 1.29 is 18.7 Å². The molecule has 1 saturated heterocycles. The third-order valence-corrected chi connectivity index (χ3v) is 6.27. The molecule has 168 valence electrons. The minimum absolute atomic E-state index is 0.100. The molecule has 0 radical (unpaired) electrons. The average Bonchev–Trinajstić information content (AvgIpc) is 3.35. The van der Waals surface area contributed by atoms with Crippen LogP contribution in [0.2, 0.25) is 0 Å². The van der Waals surface area contributed by atoms with E-state index in [0.717, 1.165) is 36.8 Å². The minimum Gasteiger partial charge on any atom is -0.497 e. The normalized spacial score (nSPS) is 20.0. The van der Waals surface area contributed by atoms with Crippen LogP contribution in [0.1, 0.15) is 36.8 Å². The molecule has 0 bridgehead atoms. The zero-order valence-electron chi connectivity index (χ0n) is 18.2. The molecule has 1 aliphatic rings. The summed E-state index contributed by atoms with van der Waals surface area (Å²) in [5.41, 5.74) is 1.41. The second kappa shape index (κ2) is 10.6. The third kappa shape index (κ3) is 5.26. The van der Waals surface area contributed by atoms with Gasteiger partial charge in [-0.3, -0.25) is 9.88 Å². The lowest BCUT2D eigenvalue weighted by atomic mass is 9.81. The molecule has 1 fully saturated rings.